The minimum atomic E-state index is -0.822. The number of aromatic nitrogens is 4. The minimum Gasteiger partial charge on any atom is -0.497 e. The van der Waals surface area contributed by atoms with Crippen molar-refractivity contribution in [1.82, 2.24) is 29.7 Å². The van der Waals surface area contributed by atoms with Gasteiger partial charge in [0.05, 0.1) is 42.8 Å². The molecule has 2 aliphatic heterocycles. The Morgan fingerprint density at radius 3 is 2.53 bits per heavy atom. The zero-order valence-corrected chi connectivity index (χ0v) is 24.3. The van der Waals surface area contributed by atoms with Crippen molar-refractivity contribution in [2.24, 2.45) is 5.41 Å². The van der Waals surface area contributed by atoms with E-state index in [1.807, 2.05) is 36.1 Å². The maximum atomic E-state index is 13.8. The van der Waals surface area contributed by atoms with Gasteiger partial charge in [-0.05, 0) is 56.4 Å². The standard InChI is InChI=1S/C31H34FN7O4/c1-31(29(40)39-15-13-38(2)14-16-39)18-42-28(43-19-31)27-36-25(20-7-9-21(32)10-8-20)26(37-27)24-11-12-33-30(35-24)34-22-5-4-6-23(17-22)41-3/h4-12,17,28H,13-16,18-19H2,1-3H3,(H,36,37)(H,33,34,35). The number of hydrogen-bond donors (Lipinski definition) is 2. The lowest BCUT2D eigenvalue weighted by Crippen LogP contribution is -2.55. The molecule has 2 N–H and O–H groups in total. The molecular weight excluding hydrogens is 553 g/mol. The topological polar surface area (TPSA) is 118 Å². The van der Waals surface area contributed by atoms with Gasteiger partial charge in [-0.2, -0.15) is 0 Å². The molecule has 2 aromatic heterocycles. The summed E-state index contributed by atoms with van der Waals surface area (Å²) in [5.41, 5.74) is 2.35. The number of piperazine rings is 1. The van der Waals surface area contributed by atoms with E-state index in [0.717, 1.165) is 18.8 Å². The summed E-state index contributed by atoms with van der Waals surface area (Å²) < 4.78 is 31.3. The number of carbonyl (C=O) groups excluding carboxylic acids is 1. The summed E-state index contributed by atoms with van der Waals surface area (Å²) in [6.45, 7) is 5.30. The molecule has 2 aromatic carbocycles. The SMILES string of the molecule is COc1cccc(Nc2nccc(-c3[nH]c(C4OCC(C)(C(=O)N5CCN(C)CC5)CO4)nc3-c3ccc(F)cc3)n2)c1. The number of hydrogen-bond acceptors (Lipinski definition) is 9. The minimum absolute atomic E-state index is 0.0308. The molecule has 11 nitrogen and oxygen atoms in total. The molecule has 0 atom stereocenters. The predicted octanol–water partition coefficient (Wildman–Crippen LogP) is 4.25. The number of aromatic amines is 1. The summed E-state index contributed by atoms with van der Waals surface area (Å²) in [4.78, 5) is 34.7. The number of ether oxygens (including phenoxy) is 3. The van der Waals surface area contributed by atoms with Gasteiger partial charge in [-0.3, -0.25) is 4.79 Å². The number of carbonyl (C=O) groups is 1. The molecular formula is C31H34FN7O4. The summed E-state index contributed by atoms with van der Waals surface area (Å²) in [6.07, 6.45) is 0.820. The van der Waals surface area contributed by atoms with Crippen LogP contribution in [-0.4, -0.2) is 89.2 Å². The summed E-state index contributed by atoms with van der Waals surface area (Å²) in [7, 11) is 3.66. The monoisotopic (exact) mass is 587 g/mol. The van der Waals surface area contributed by atoms with E-state index in [2.05, 4.69) is 27.2 Å². The molecule has 0 radical (unpaired) electrons. The molecule has 0 saturated carbocycles. The number of halogens is 1. The van der Waals surface area contributed by atoms with Gasteiger partial charge in [0.25, 0.3) is 0 Å². The average molecular weight is 588 g/mol. The van der Waals surface area contributed by atoms with Gasteiger partial charge < -0.3 is 34.3 Å². The number of anilines is 2. The smallest absolute Gasteiger partial charge is 0.233 e. The van der Waals surface area contributed by atoms with Crippen molar-refractivity contribution in [2.75, 3.05) is 58.9 Å². The number of likely N-dealkylation sites (N-methyl/N-ethyl adjacent to an activating group) is 1. The van der Waals surface area contributed by atoms with Gasteiger partial charge in [-0.15, -0.1) is 0 Å². The molecule has 43 heavy (non-hydrogen) atoms. The van der Waals surface area contributed by atoms with Gasteiger partial charge in [-0.25, -0.2) is 19.3 Å². The van der Waals surface area contributed by atoms with E-state index in [-0.39, 0.29) is 24.9 Å². The first kappa shape index (κ1) is 28.7. The number of rotatable bonds is 7. The molecule has 2 aliphatic rings. The molecule has 2 fully saturated rings. The highest BCUT2D eigenvalue weighted by Gasteiger charge is 2.43. The lowest BCUT2D eigenvalue weighted by Gasteiger charge is -2.41. The number of H-pyrrole nitrogens is 1. The van der Waals surface area contributed by atoms with Gasteiger partial charge in [0.2, 0.25) is 18.1 Å². The van der Waals surface area contributed by atoms with Crippen molar-refractivity contribution in [2.45, 2.75) is 13.2 Å². The third-order valence-corrected chi connectivity index (χ3v) is 7.71. The van der Waals surface area contributed by atoms with Crippen molar-refractivity contribution in [1.29, 1.82) is 0 Å². The van der Waals surface area contributed by atoms with Crippen LogP contribution in [0.1, 0.15) is 19.0 Å². The largest absolute Gasteiger partial charge is 0.497 e. The number of benzene rings is 2. The van der Waals surface area contributed by atoms with Crippen molar-refractivity contribution < 1.29 is 23.4 Å². The maximum Gasteiger partial charge on any atom is 0.233 e. The van der Waals surface area contributed by atoms with Crippen LogP contribution in [0.25, 0.3) is 22.6 Å². The van der Waals surface area contributed by atoms with Crippen LogP contribution >= 0.6 is 0 Å². The van der Waals surface area contributed by atoms with Crippen LogP contribution in [0, 0.1) is 11.2 Å². The summed E-state index contributed by atoms with van der Waals surface area (Å²) in [6, 6.07) is 15.3. The first-order valence-corrected chi connectivity index (χ1v) is 14.1. The molecule has 4 aromatic rings. The second-order valence-electron chi connectivity index (χ2n) is 11.1. The van der Waals surface area contributed by atoms with Crippen LogP contribution < -0.4 is 10.1 Å². The van der Waals surface area contributed by atoms with Gasteiger partial charge >= 0.3 is 0 Å². The normalized spacial score (nSPS) is 21.0. The Bertz CT molecular complexity index is 1580. The van der Waals surface area contributed by atoms with E-state index in [1.165, 1.54) is 12.1 Å². The van der Waals surface area contributed by atoms with Crippen molar-refractivity contribution in [3.63, 3.8) is 0 Å². The molecule has 12 heteroatoms. The van der Waals surface area contributed by atoms with Crippen LogP contribution in [-0.2, 0) is 14.3 Å². The number of nitrogens with zero attached hydrogens (tertiary/aromatic N) is 5. The number of amides is 1. The Labute approximate surface area is 249 Å². The Kier molecular flexibility index (Phi) is 8.06. The van der Waals surface area contributed by atoms with E-state index in [1.54, 1.807) is 31.5 Å². The summed E-state index contributed by atoms with van der Waals surface area (Å²) >= 11 is 0. The molecule has 224 valence electrons. The van der Waals surface area contributed by atoms with E-state index in [9.17, 15) is 9.18 Å². The van der Waals surface area contributed by atoms with E-state index in [0.29, 0.717) is 53.3 Å². The Balaban J connectivity index is 1.26. The number of imidazole rings is 1. The third kappa shape index (κ3) is 6.21. The fourth-order valence-electron chi connectivity index (χ4n) is 5.17. The maximum absolute atomic E-state index is 13.8. The number of methoxy groups -OCH3 is 1. The van der Waals surface area contributed by atoms with Crippen LogP contribution in [0.3, 0.4) is 0 Å². The number of nitrogens with one attached hydrogen (secondary N) is 2. The molecule has 0 spiro atoms. The lowest BCUT2D eigenvalue weighted by molar-refractivity contribution is -0.234. The third-order valence-electron chi connectivity index (χ3n) is 7.71. The van der Waals surface area contributed by atoms with Gasteiger partial charge in [0.15, 0.2) is 5.82 Å². The van der Waals surface area contributed by atoms with E-state index < -0.39 is 11.7 Å². The predicted molar refractivity (Wildman–Crippen MR) is 158 cm³/mol. The van der Waals surface area contributed by atoms with Gasteiger partial charge in [0.1, 0.15) is 11.6 Å². The molecule has 1 amide bonds. The molecule has 4 heterocycles. The second-order valence-corrected chi connectivity index (χ2v) is 11.1. The van der Waals surface area contributed by atoms with E-state index in [4.69, 9.17) is 24.2 Å². The molecule has 6 rings (SSSR count). The van der Waals surface area contributed by atoms with Crippen LogP contribution in [0.15, 0.2) is 60.8 Å². The molecule has 0 unspecified atom stereocenters. The van der Waals surface area contributed by atoms with E-state index >= 15 is 0 Å². The van der Waals surface area contributed by atoms with Crippen molar-refractivity contribution >= 4 is 17.5 Å². The first-order chi connectivity index (χ1) is 20.8. The second kappa shape index (κ2) is 12.1. The highest BCUT2D eigenvalue weighted by Crippen LogP contribution is 2.36. The molecule has 0 aliphatic carbocycles. The fraction of sp³-hybridized carbons (Fsp3) is 0.355. The summed E-state index contributed by atoms with van der Waals surface area (Å²) in [5, 5.41) is 3.20. The summed E-state index contributed by atoms with van der Waals surface area (Å²) in [5.74, 6) is 1.17. The Morgan fingerprint density at radius 2 is 1.81 bits per heavy atom. The van der Waals surface area contributed by atoms with Crippen molar-refractivity contribution in [3.05, 3.63) is 72.4 Å². The lowest BCUT2D eigenvalue weighted by atomic mass is 9.90. The molecule has 2 saturated heterocycles. The first-order valence-electron chi connectivity index (χ1n) is 14.1. The quantitative estimate of drug-likeness (QED) is 0.327. The Morgan fingerprint density at radius 1 is 1.07 bits per heavy atom. The highest BCUT2D eigenvalue weighted by atomic mass is 19.1. The average Bonchev–Trinajstić information content (AvgIpc) is 3.47. The van der Waals surface area contributed by atoms with Crippen molar-refractivity contribution in [3.8, 4) is 28.4 Å². The van der Waals surface area contributed by atoms with Crippen LogP contribution in [0.2, 0.25) is 0 Å². The zero-order valence-electron chi connectivity index (χ0n) is 24.3. The van der Waals surface area contributed by atoms with Crippen LogP contribution in [0.4, 0.5) is 16.0 Å². The van der Waals surface area contributed by atoms with Gasteiger partial charge in [-0.1, -0.05) is 6.07 Å². The fourth-order valence-corrected chi connectivity index (χ4v) is 5.17. The molecule has 0 bridgehead atoms. The zero-order chi connectivity index (χ0) is 30.0. The Hall–Kier alpha value is -4.39. The van der Waals surface area contributed by atoms with Crippen LogP contribution in [0.5, 0.6) is 5.75 Å². The highest BCUT2D eigenvalue weighted by molar-refractivity contribution is 5.83. The van der Waals surface area contributed by atoms with Gasteiger partial charge in [0, 0.05) is 49.7 Å².